The number of hydrogen-bond donors (Lipinski definition) is 2. The van der Waals surface area contributed by atoms with Crippen molar-refractivity contribution in [2.45, 2.75) is 18.6 Å². The van der Waals surface area contributed by atoms with Crippen LogP contribution in [-0.2, 0) is 12.7 Å². The van der Waals surface area contributed by atoms with E-state index >= 15 is 0 Å². The number of carbonyl (C=O) groups excluding carboxylic acids is 1. The molecule has 32 heavy (non-hydrogen) atoms. The van der Waals surface area contributed by atoms with Gasteiger partial charge in [-0.25, -0.2) is 4.79 Å². The molecule has 3 aromatic rings. The Bertz CT molecular complexity index is 1170. The van der Waals surface area contributed by atoms with Crippen molar-refractivity contribution in [1.29, 1.82) is 0 Å². The Hall–Kier alpha value is -2.75. The standard InChI is InChI=1S/C21H17Cl2F3N4O2/c1-30-9-15(14-6-12(22)7-17(23)16(14)10-30)11-3-2-4-13(5-11)28-20(31)32-18-8-27-29-19(18)21(24,25)26/h2-8,15H,9-10H2,1H3,(H,27,29)(H,28,31). The second kappa shape index (κ2) is 8.65. The summed E-state index contributed by atoms with van der Waals surface area (Å²) >= 11 is 12.6. The maximum absolute atomic E-state index is 12.9. The maximum Gasteiger partial charge on any atom is 0.438 e. The average Bonchev–Trinajstić information content (AvgIpc) is 3.17. The number of amides is 1. The van der Waals surface area contributed by atoms with Crippen molar-refractivity contribution in [2.24, 2.45) is 0 Å². The highest BCUT2D eigenvalue weighted by atomic mass is 35.5. The number of hydrogen-bond acceptors (Lipinski definition) is 4. The van der Waals surface area contributed by atoms with E-state index in [-0.39, 0.29) is 5.92 Å². The number of nitrogens with zero attached hydrogens (tertiary/aromatic N) is 2. The minimum absolute atomic E-state index is 0.0663. The van der Waals surface area contributed by atoms with Crippen LogP contribution in [-0.4, -0.2) is 34.8 Å². The first-order valence-corrected chi connectivity index (χ1v) is 10.2. The van der Waals surface area contributed by atoms with Crippen LogP contribution >= 0.6 is 23.2 Å². The Labute approximate surface area is 191 Å². The second-order valence-electron chi connectivity index (χ2n) is 7.44. The summed E-state index contributed by atoms with van der Waals surface area (Å²) in [5.41, 5.74) is 1.92. The molecule has 6 nitrogen and oxygen atoms in total. The zero-order chi connectivity index (χ0) is 23.0. The van der Waals surface area contributed by atoms with E-state index in [1.807, 2.05) is 24.3 Å². The lowest BCUT2D eigenvalue weighted by molar-refractivity contribution is -0.142. The average molecular weight is 485 g/mol. The third kappa shape index (κ3) is 4.69. The molecule has 2 heterocycles. The van der Waals surface area contributed by atoms with Gasteiger partial charge in [0.05, 0.1) is 6.20 Å². The lowest BCUT2D eigenvalue weighted by atomic mass is 9.84. The fourth-order valence-electron chi connectivity index (χ4n) is 3.77. The van der Waals surface area contributed by atoms with Crippen LogP contribution in [0.5, 0.6) is 5.75 Å². The first-order chi connectivity index (χ1) is 15.1. The summed E-state index contributed by atoms with van der Waals surface area (Å²) in [5, 5.41) is 8.71. The van der Waals surface area contributed by atoms with Gasteiger partial charge in [0.2, 0.25) is 5.69 Å². The largest absolute Gasteiger partial charge is 0.438 e. The molecule has 1 amide bonds. The molecule has 0 fully saturated rings. The highest BCUT2D eigenvalue weighted by Crippen LogP contribution is 2.39. The third-order valence-electron chi connectivity index (χ3n) is 5.10. The minimum Gasteiger partial charge on any atom is -0.406 e. The molecule has 11 heteroatoms. The van der Waals surface area contributed by atoms with E-state index in [4.69, 9.17) is 27.9 Å². The number of nitrogens with one attached hydrogen (secondary N) is 2. The first-order valence-electron chi connectivity index (χ1n) is 9.48. The van der Waals surface area contributed by atoms with Gasteiger partial charge >= 0.3 is 12.3 Å². The van der Waals surface area contributed by atoms with E-state index in [0.29, 0.717) is 28.8 Å². The van der Waals surface area contributed by atoms with Crippen LogP contribution < -0.4 is 10.1 Å². The highest BCUT2D eigenvalue weighted by molar-refractivity contribution is 6.35. The van der Waals surface area contributed by atoms with Crippen LogP contribution in [0.1, 0.15) is 28.3 Å². The normalized spacial score (nSPS) is 16.5. The Kier molecular flexibility index (Phi) is 6.07. The van der Waals surface area contributed by atoms with Crippen molar-refractivity contribution < 1.29 is 22.7 Å². The van der Waals surface area contributed by atoms with Crippen LogP contribution in [0.2, 0.25) is 10.0 Å². The molecule has 0 aliphatic carbocycles. The number of aromatic nitrogens is 2. The molecule has 0 saturated carbocycles. The number of aromatic amines is 1. The Morgan fingerprint density at radius 3 is 2.81 bits per heavy atom. The topological polar surface area (TPSA) is 70.2 Å². The van der Waals surface area contributed by atoms with Gasteiger partial charge in [-0.15, -0.1) is 0 Å². The van der Waals surface area contributed by atoms with Crippen molar-refractivity contribution in [3.05, 3.63) is 75.0 Å². The SMILES string of the molecule is CN1Cc2c(Cl)cc(Cl)cc2C(c2cccc(NC(=O)Oc3c[nH]nc3C(F)(F)F)c2)C1. The van der Waals surface area contributed by atoms with E-state index in [0.717, 1.165) is 22.9 Å². The number of halogens is 5. The highest BCUT2D eigenvalue weighted by Gasteiger charge is 2.38. The predicted octanol–water partition coefficient (Wildman–Crippen LogP) is 5.92. The van der Waals surface area contributed by atoms with E-state index in [9.17, 15) is 18.0 Å². The van der Waals surface area contributed by atoms with Crippen LogP contribution in [0.25, 0.3) is 0 Å². The van der Waals surface area contributed by atoms with Gasteiger partial charge in [-0.2, -0.15) is 18.3 Å². The van der Waals surface area contributed by atoms with Crippen LogP contribution in [0.3, 0.4) is 0 Å². The zero-order valence-corrected chi connectivity index (χ0v) is 18.1. The number of carbonyl (C=O) groups is 1. The number of rotatable bonds is 3. The predicted molar refractivity (Wildman–Crippen MR) is 114 cm³/mol. The molecular formula is C21H17Cl2F3N4O2. The maximum atomic E-state index is 12.9. The lowest BCUT2D eigenvalue weighted by Crippen LogP contribution is -2.31. The molecule has 0 spiro atoms. The van der Waals surface area contributed by atoms with E-state index in [1.165, 1.54) is 0 Å². The summed E-state index contributed by atoms with van der Waals surface area (Å²) in [6.45, 7) is 1.37. The van der Waals surface area contributed by atoms with Gasteiger partial charge in [0.1, 0.15) is 0 Å². The minimum atomic E-state index is -4.75. The third-order valence-corrected chi connectivity index (χ3v) is 5.66. The van der Waals surface area contributed by atoms with Gasteiger partial charge in [0.25, 0.3) is 0 Å². The summed E-state index contributed by atoms with van der Waals surface area (Å²) in [7, 11) is 1.98. The molecule has 2 N–H and O–H groups in total. The van der Waals surface area contributed by atoms with Crippen molar-refractivity contribution in [3.63, 3.8) is 0 Å². The molecule has 2 aromatic carbocycles. The molecule has 1 unspecified atom stereocenters. The number of H-pyrrole nitrogens is 1. The van der Waals surface area contributed by atoms with Gasteiger partial charge in [0, 0.05) is 34.7 Å². The van der Waals surface area contributed by atoms with E-state index < -0.39 is 23.7 Å². The van der Waals surface area contributed by atoms with Gasteiger partial charge in [-0.05, 0) is 48.0 Å². The van der Waals surface area contributed by atoms with Crippen molar-refractivity contribution in [3.8, 4) is 5.75 Å². The number of alkyl halides is 3. The first kappa shape index (κ1) is 22.4. The fourth-order valence-corrected chi connectivity index (χ4v) is 4.34. The smallest absolute Gasteiger partial charge is 0.406 e. The summed E-state index contributed by atoms with van der Waals surface area (Å²) in [6.07, 6.45) is -4.96. The number of anilines is 1. The zero-order valence-electron chi connectivity index (χ0n) is 16.6. The van der Waals surface area contributed by atoms with Gasteiger partial charge in [-0.3, -0.25) is 10.4 Å². The molecule has 4 rings (SSSR count). The van der Waals surface area contributed by atoms with E-state index in [1.54, 1.807) is 24.3 Å². The lowest BCUT2D eigenvalue weighted by Gasteiger charge is -2.33. The second-order valence-corrected chi connectivity index (χ2v) is 8.28. The van der Waals surface area contributed by atoms with Crippen molar-refractivity contribution in [1.82, 2.24) is 15.1 Å². The quantitative estimate of drug-likeness (QED) is 0.483. The molecule has 1 aliphatic rings. The van der Waals surface area contributed by atoms with Crippen LogP contribution in [0.15, 0.2) is 42.6 Å². The van der Waals surface area contributed by atoms with Crippen LogP contribution in [0, 0.1) is 0 Å². The summed E-state index contributed by atoms with van der Waals surface area (Å²) in [6, 6.07) is 10.6. The molecule has 1 atom stereocenters. The molecular weight excluding hydrogens is 468 g/mol. The monoisotopic (exact) mass is 484 g/mol. The molecule has 168 valence electrons. The molecule has 1 aliphatic heterocycles. The molecule has 0 radical (unpaired) electrons. The number of fused-ring (bicyclic) bond motifs is 1. The Balaban J connectivity index is 1.57. The van der Waals surface area contributed by atoms with E-state index in [2.05, 4.69) is 15.3 Å². The Morgan fingerprint density at radius 2 is 2.06 bits per heavy atom. The summed E-state index contributed by atoms with van der Waals surface area (Å²) < 4.78 is 43.5. The van der Waals surface area contributed by atoms with Crippen molar-refractivity contribution >= 4 is 35.0 Å². The summed E-state index contributed by atoms with van der Waals surface area (Å²) in [4.78, 5) is 14.3. The Morgan fingerprint density at radius 1 is 1.28 bits per heavy atom. The number of benzene rings is 2. The van der Waals surface area contributed by atoms with Crippen LogP contribution in [0.4, 0.5) is 23.7 Å². The van der Waals surface area contributed by atoms with Gasteiger partial charge < -0.3 is 9.64 Å². The molecule has 0 saturated heterocycles. The van der Waals surface area contributed by atoms with Gasteiger partial charge in [0.15, 0.2) is 5.75 Å². The molecule has 1 aromatic heterocycles. The molecule has 0 bridgehead atoms. The number of likely N-dealkylation sites (N-methyl/N-ethyl adjacent to an activating group) is 1. The fraction of sp³-hybridized carbons (Fsp3) is 0.238. The summed E-state index contributed by atoms with van der Waals surface area (Å²) in [5.74, 6) is -0.776. The van der Waals surface area contributed by atoms with Gasteiger partial charge in [-0.1, -0.05) is 35.3 Å². The van der Waals surface area contributed by atoms with Crippen molar-refractivity contribution in [2.75, 3.05) is 18.9 Å². The number of ether oxygens (including phenoxy) is 1.